The first kappa shape index (κ1) is 12.4. The van der Waals surface area contributed by atoms with E-state index >= 15 is 0 Å². The Morgan fingerprint density at radius 3 is 2.88 bits per heavy atom. The van der Waals surface area contributed by atoms with Gasteiger partial charge < -0.3 is 15.2 Å². The number of aliphatic hydroxyl groups excluding tert-OH is 1. The Hall–Kier alpha value is -1.62. The molecule has 0 aliphatic carbocycles. The van der Waals surface area contributed by atoms with Crippen LogP contribution in [0.3, 0.4) is 0 Å². The minimum absolute atomic E-state index is 0.0653. The molecule has 0 aliphatic heterocycles. The third kappa shape index (κ3) is 2.93. The number of hydrogen-bond acceptors (Lipinski definition) is 5. The molecule has 0 radical (unpaired) electrons. The van der Waals surface area contributed by atoms with Gasteiger partial charge in [0.25, 0.3) is 0 Å². The maximum absolute atomic E-state index is 11.4. The van der Waals surface area contributed by atoms with Crippen LogP contribution in [0.1, 0.15) is 24.2 Å². The van der Waals surface area contributed by atoms with E-state index in [1.54, 1.807) is 18.3 Å². The van der Waals surface area contributed by atoms with Crippen LogP contribution in [0.25, 0.3) is 0 Å². The van der Waals surface area contributed by atoms with Crippen molar-refractivity contribution in [2.45, 2.75) is 19.4 Å². The molecule has 0 saturated carbocycles. The number of aliphatic hydroxyl groups is 1. The number of methoxy groups -OCH3 is 1. The minimum atomic E-state index is -0.545. The quantitative estimate of drug-likeness (QED) is 0.748. The number of pyridine rings is 1. The number of nitrogens with zero attached hydrogens (tertiary/aromatic N) is 1. The Balaban J connectivity index is 3.00. The van der Waals surface area contributed by atoms with Crippen molar-refractivity contribution in [3.8, 4) is 0 Å². The van der Waals surface area contributed by atoms with E-state index in [0.717, 1.165) is 0 Å². The molecular formula is C11H16N2O3. The van der Waals surface area contributed by atoms with E-state index in [1.165, 1.54) is 7.11 Å². The average Bonchev–Trinajstić information content (AvgIpc) is 2.28. The number of esters is 1. The average molecular weight is 224 g/mol. The Morgan fingerprint density at radius 1 is 1.62 bits per heavy atom. The number of anilines is 1. The number of aromatic nitrogens is 1. The van der Waals surface area contributed by atoms with E-state index in [9.17, 15) is 4.79 Å². The summed E-state index contributed by atoms with van der Waals surface area (Å²) in [5.41, 5.74) is -0.191. The second kappa shape index (κ2) is 4.94. The summed E-state index contributed by atoms with van der Waals surface area (Å²) in [6, 6.07) is 3.28. The van der Waals surface area contributed by atoms with E-state index in [4.69, 9.17) is 5.11 Å². The van der Waals surface area contributed by atoms with Gasteiger partial charge in [-0.25, -0.2) is 9.78 Å². The summed E-state index contributed by atoms with van der Waals surface area (Å²) in [6.07, 6.45) is 1.57. The first-order valence-corrected chi connectivity index (χ1v) is 4.92. The molecule has 0 aliphatic rings. The number of carbonyl (C=O) groups excluding carboxylic acids is 1. The fraction of sp³-hybridized carbons (Fsp3) is 0.455. The predicted octanol–water partition coefficient (Wildman–Crippen LogP) is 1.05. The molecule has 1 heterocycles. The normalized spacial score (nSPS) is 11.0. The molecule has 0 bridgehead atoms. The Kier molecular flexibility index (Phi) is 3.84. The maximum Gasteiger partial charge on any atom is 0.341 e. The summed E-state index contributed by atoms with van der Waals surface area (Å²) in [5.74, 6) is -0.0438. The fourth-order valence-corrected chi connectivity index (χ4v) is 1.14. The molecule has 0 spiro atoms. The van der Waals surface area contributed by atoms with E-state index < -0.39 is 11.5 Å². The molecular weight excluding hydrogens is 208 g/mol. The summed E-state index contributed by atoms with van der Waals surface area (Å²) < 4.78 is 4.64. The fourth-order valence-electron chi connectivity index (χ4n) is 1.14. The molecule has 1 aromatic heterocycles. The molecule has 16 heavy (non-hydrogen) atoms. The Bertz CT molecular complexity index is 377. The molecule has 0 unspecified atom stereocenters. The van der Waals surface area contributed by atoms with Gasteiger partial charge in [-0.2, -0.15) is 0 Å². The molecule has 0 atom stereocenters. The summed E-state index contributed by atoms with van der Waals surface area (Å²) in [7, 11) is 1.32. The van der Waals surface area contributed by atoms with Crippen LogP contribution in [0.5, 0.6) is 0 Å². The second-order valence-corrected chi connectivity index (χ2v) is 4.06. The number of ether oxygens (including phenoxy) is 1. The summed E-state index contributed by atoms with van der Waals surface area (Å²) in [4.78, 5) is 15.5. The van der Waals surface area contributed by atoms with Crippen molar-refractivity contribution in [2.75, 3.05) is 19.0 Å². The van der Waals surface area contributed by atoms with Crippen molar-refractivity contribution in [3.63, 3.8) is 0 Å². The van der Waals surface area contributed by atoms with Crippen LogP contribution in [0.2, 0.25) is 0 Å². The largest absolute Gasteiger partial charge is 0.465 e. The van der Waals surface area contributed by atoms with Gasteiger partial charge in [0, 0.05) is 6.20 Å². The number of carbonyl (C=O) groups is 1. The minimum Gasteiger partial charge on any atom is -0.465 e. The second-order valence-electron chi connectivity index (χ2n) is 4.06. The van der Waals surface area contributed by atoms with Crippen molar-refractivity contribution in [3.05, 3.63) is 23.9 Å². The van der Waals surface area contributed by atoms with E-state index in [2.05, 4.69) is 15.0 Å². The standard InChI is InChI=1S/C11H16N2O3/c1-11(2,7-14)13-9-8(10(15)16-3)5-4-6-12-9/h4-6,14H,7H2,1-3H3,(H,12,13). The van der Waals surface area contributed by atoms with E-state index in [1.807, 2.05) is 13.8 Å². The lowest BCUT2D eigenvalue weighted by atomic mass is 10.1. The lowest BCUT2D eigenvalue weighted by Gasteiger charge is -2.25. The van der Waals surface area contributed by atoms with Crippen LogP contribution in [-0.4, -0.2) is 35.3 Å². The van der Waals surface area contributed by atoms with Crippen molar-refractivity contribution in [2.24, 2.45) is 0 Å². The Morgan fingerprint density at radius 2 is 2.31 bits per heavy atom. The van der Waals surface area contributed by atoms with Gasteiger partial charge in [-0.3, -0.25) is 0 Å². The predicted molar refractivity (Wildman–Crippen MR) is 60.4 cm³/mol. The van der Waals surface area contributed by atoms with Crippen LogP contribution in [0.15, 0.2) is 18.3 Å². The van der Waals surface area contributed by atoms with Gasteiger partial charge >= 0.3 is 5.97 Å². The zero-order valence-corrected chi connectivity index (χ0v) is 9.65. The molecule has 1 rings (SSSR count). The summed E-state index contributed by atoms with van der Waals surface area (Å²) in [6.45, 7) is 3.55. The summed E-state index contributed by atoms with van der Waals surface area (Å²) >= 11 is 0. The van der Waals surface area contributed by atoms with Crippen LogP contribution in [-0.2, 0) is 4.74 Å². The Labute approximate surface area is 94.5 Å². The van der Waals surface area contributed by atoms with Gasteiger partial charge in [-0.1, -0.05) is 0 Å². The van der Waals surface area contributed by atoms with Gasteiger partial charge in [-0.05, 0) is 26.0 Å². The van der Waals surface area contributed by atoms with Gasteiger partial charge in [0.15, 0.2) is 0 Å². The number of nitrogens with one attached hydrogen (secondary N) is 1. The zero-order valence-electron chi connectivity index (χ0n) is 9.65. The van der Waals surface area contributed by atoms with E-state index in [-0.39, 0.29) is 6.61 Å². The topological polar surface area (TPSA) is 71.5 Å². The van der Waals surface area contributed by atoms with Crippen molar-refractivity contribution < 1.29 is 14.6 Å². The smallest absolute Gasteiger partial charge is 0.341 e. The molecule has 0 aromatic carbocycles. The number of hydrogen-bond donors (Lipinski definition) is 2. The molecule has 0 fully saturated rings. The first-order chi connectivity index (χ1) is 7.50. The third-order valence-corrected chi connectivity index (χ3v) is 2.07. The van der Waals surface area contributed by atoms with Gasteiger partial charge in [0.1, 0.15) is 11.4 Å². The van der Waals surface area contributed by atoms with Crippen molar-refractivity contribution >= 4 is 11.8 Å². The first-order valence-electron chi connectivity index (χ1n) is 4.92. The lowest BCUT2D eigenvalue weighted by molar-refractivity contribution is 0.0601. The third-order valence-electron chi connectivity index (χ3n) is 2.07. The van der Waals surface area contributed by atoms with Crippen LogP contribution in [0, 0.1) is 0 Å². The van der Waals surface area contributed by atoms with Gasteiger partial charge in [0.2, 0.25) is 0 Å². The summed E-state index contributed by atoms with van der Waals surface area (Å²) in [5, 5.41) is 12.1. The van der Waals surface area contributed by atoms with Crippen LogP contribution < -0.4 is 5.32 Å². The molecule has 2 N–H and O–H groups in total. The van der Waals surface area contributed by atoms with Gasteiger partial charge in [-0.15, -0.1) is 0 Å². The van der Waals surface area contributed by atoms with Crippen LogP contribution >= 0.6 is 0 Å². The highest BCUT2D eigenvalue weighted by Crippen LogP contribution is 2.17. The van der Waals surface area contributed by atoms with Crippen molar-refractivity contribution in [1.82, 2.24) is 4.98 Å². The molecule has 88 valence electrons. The highest BCUT2D eigenvalue weighted by atomic mass is 16.5. The van der Waals surface area contributed by atoms with Gasteiger partial charge in [0.05, 0.1) is 19.3 Å². The molecule has 5 heteroatoms. The molecule has 5 nitrogen and oxygen atoms in total. The van der Waals surface area contributed by atoms with Crippen molar-refractivity contribution in [1.29, 1.82) is 0 Å². The monoisotopic (exact) mass is 224 g/mol. The van der Waals surface area contributed by atoms with E-state index in [0.29, 0.717) is 11.4 Å². The molecule has 0 saturated heterocycles. The molecule has 0 amide bonds. The molecule has 1 aromatic rings. The highest BCUT2D eigenvalue weighted by Gasteiger charge is 2.20. The number of rotatable bonds is 4. The highest BCUT2D eigenvalue weighted by molar-refractivity contribution is 5.94. The van der Waals surface area contributed by atoms with Crippen LogP contribution in [0.4, 0.5) is 5.82 Å². The maximum atomic E-state index is 11.4. The zero-order chi connectivity index (χ0) is 12.2. The SMILES string of the molecule is COC(=O)c1cccnc1NC(C)(C)CO. The lowest BCUT2D eigenvalue weighted by Crippen LogP contribution is -2.36.